The summed E-state index contributed by atoms with van der Waals surface area (Å²) in [5.41, 5.74) is 7.44. The fourth-order valence-corrected chi connectivity index (χ4v) is 2.52. The van der Waals surface area contributed by atoms with E-state index in [-0.39, 0.29) is 6.09 Å². The Morgan fingerprint density at radius 1 is 1.23 bits per heavy atom. The fraction of sp³-hybridized carbons (Fsp3) is 0.588. The zero-order chi connectivity index (χ0) is 16.2. The van der Waals surface area contributed by atoms with Gasteiger partial charge in [-0.2, -0.15) is 0 Å². The largest absolute Gasteiger partial charge is 0.444 e. The van der Waals surface area contributed by atoms with E-state index in [1.54, 1.807) is 4.90 Å². The molecule has 0 aliphatic carbocycles. The number of benzene rings is 1. The Morgan fingerprint density at radius 3 is 2.50 bits per heavy atom. The smallest absolute Gasteiger partial charge is 0.410 e. The summed E-state index contributed by atoms with van der Waals surface area (Å²) >= 11 is 0. The van der Waals surface area contributed by atoms with Crippen molar-refractivity contribution in [3.05, 3.63) is 29.8 Å². The van der Waals surface area contributed by atoms with Crippen LogP contribution in [0.15, 0.2) is 24.3 Å². The summed E-state index contributed by atoms with van der Waals surface area (Å²) in [5, 5.41) is 0. The molecule has 5 nitrogen and oxygen atoms in total. The topological polar surface area (TPSA) is 58.8 Å². The molecule has 2 rings (SSSR count). The molecular formula is C17H27N3O2. The minimum atomic E-state index is -0.429. The first-order valence-electron chi connectivity index (χ1n) is 7.88. The van der Waals surface area contributed by atoms with Crippen molar-refractivity contribution in [3.8, 4) is 0 Å². The van der Waals surface area contributed by atoms with Crippen LogP contribution < -0.4 is 5.73 Å². The quantitative estimate of drug-likeness (QED) is 0.871. The van der Waals surface area contributed by atoms with Crippen molar-refractivity contribution < 1.29 is 9.53 Å². The lowest BCUT2D eigenvalue weighted by molar-refractivity contribution is 0.0146. The van der Waals surface area contributed by atoms with E-state index in [0.717, 1.165) is 44.8 Å². The molecule has 2 N–H and O–H groups in total. The first kappa shape index (κ1) is 16.6. The molecular weight excluding hydrogens is 278 g/mol. The second kappa shape index (κ2) is 7.01. The van der Waals surface area contributed by atoms with Gasteiger partial charge in [-0.1, -0.05) is 12.1 Å². The zero-order valence-electron chi connectivity index (χ0n) is 13.8. The molecule has 1 saturated heterocycles. The fourth-order valence-electron chi connectivity index (χ4n) is 2.52. The van der Waals surface area contributed by atoms with Crippen molar-refractivity contribution >= 4 is 11.8 Å². The van der Waals surface area contributed by atoms with E-state index in [9.17, 15) is 4.79 Å². The number of hydrogen-bond acceptors (Lipinski definition) is 4. The van der Waals surface area contributed by atoms with Crippen LogP contribution in [0.3, 0.4) is 0 Å². The predicted molar refractivity (Wildman–Crippen MR) is 88.8 cm³/mol. The van der Waals surface area contributed by atoms with E-state index in [1.165, 1.54) is 5.56 Å². The van der Waals surface area contributed by atoms with E-state index in [0.29, 0.717) is 0 Å². The van der Waals surface area contributed by atoms with Gasteiger partial charge in [0.1, 0.15) is 5.60 Å². The minimum Gasteiger partial charge on any atom is -0.444 e. The number of nitrogens with zero attached hydrogens (tertiary/aromatic N) is 2. The van der Waals surface area contributed by atoms with Gasteiger partial charge in [-0.3, -0.25) is 4.90 Å². The average molecular weight is 305 g/mol. The highest BCUT2D eigenvalue weighted by Gasteiger charge is 2.25. The van der Waals surface area contributed by atoms with Crippen molar-refractivity contribution in [1.29, 1.82) is 0 Å². The molecule has 1 heterocycles. The number of nitrogen functional groups attached to an aromatic ring is 1. The van der Waals surface area contributed by atoms with E-state index in [4.69, 9.17) is 10.5 Å². The van der Waals surface area contributed by atoms with Crippen molar-refractivity contribution in [2.45, 2.75) is 32.8 Å². The van der Waals surface area contributed by atoms with E-state index in [1.807, 2.05) is 39.0 Å². The van der Waals surface area contributed by atoms with Crippen LogP contribution in [0, 0.1) is 0 Å². The molecule has 22 heavy (non-hydrogen) atoms. The highest BCUT2D eigenvalue weighted by Crippen LogP contribution is 2.13. The van der Waals surface area contributed by atoms with Crippen LogP contribution in [0.1, 0.15) is 26.3 Å². The lowest BCUT2D eigenvalue weighted by atomic mass is 10.1. The SMILES string of the molecule is CC(C)(C)OC(=O)N1CCN(CCc2cccc(N)c2)CC1. The molecule has 1 aliphatic heterocycles. The van der Waals surface area contributed by atoms with Crippen molar-refractivity contribution in [2.24, 2.45) is 0 Å². The summed E-state index contributed by atoms with van der Waals surface area (Å²) in [5.74, 6) is 0. The highest BCUT2D eigenvalue weighted by molar-refractivity contribution is 5.68. The molecule has 0 atom stereocenters. The number of hydrogen-bond donors (Lipinski definition) is 1. The van der Waals surface area contributed by atoms with Crippen LogP contribution in [0.2, 0.25) is 0 Å². The van der Waals surface area contributed by atoms with Crippen LogP contribution in [-0.2, 0) is 11.2 Å². The summed E-state index contributed by atoms with van der Waals surface area (Å²) < 4.78 is 5.41. The molecule has 122 valence electrons. The van der Waals surface area contributed by atoms with Crippen LogP contribution in [0.25, 0.3) is 0 Å². The number of nitrogens with two attached hydrogens (primary N) is 1. The average Bonchev–Trinajstić information content (AvgIpc) is 2.44. The molecule has 1 aromatic rings. The van der Waals surface area contributed by atoms with Crippen molar-refractivity contribution in [3.63, 3.8) is 0 Å². The molecule has 0 aromatic heterocycles. The number of amides is 1. The van der Waals surface area contributed by atoms with Gasteiger partial charge in [-0.05, 0) is 44.9 Å². The molecule has 0 radical (unpaired) electrons. The van der Waals surface area contributed by atoms with E-state index >= 15 is 0 Å². The lowest BCUT2D eigenvalue weighted by Crippen LogP contribution is -2.50. The van der Waals surface area contributed by atoms with Gasteiger partial charge in [0.25, 0.3) is 0 Å². The first-order valence-corrected chi connectivity index (χ1v) is 7.88. The minimum absolute atomic E-state index is 0.206. The molecule has 0 saturated carbocycles. The monoisotopic (exact) mass is 305 g/mol. The predicted octanol–water partition coefficient (Wildman–Crippen LogP) is 2.36. The van der Waals surface area contributed by atoms with Gasteiger partial charge in [0.2, 0.25) is 0 Å². The Balaban J connectivity index is 1.74. The van der Waals surface area contributed by atoms with Crippen LogP contribution in [0.4, 0.5) is 10.5 Å². The molecule has 1 fully saturated rings. The number of anilines is 1. The van der Waals surface area contributed by atoms with E-state index in [2.05, 4.69) is 11.0 Å². The number of piperazine rings is 1. The standard InChI is InChI=1S/C17H27N3O2/c1-17(2,3)22-16(21)20-11-9-19(10-12-20)8-7-14-5-4-6-15(18)13-14/h4-6,13H,7-12,18H2,1-3H3. The zero-order valence-corrected chi connectivity index (χ0v) is 13.8. The molecule has 0 bridgehead atoms. The summed E-state index contributed by atoms with van der Waals surface area (Å²) in [6.07, 6.45) is 0.778. The number of carbonyl (C=O) groups is 1. The summed E-state index contributed by atoms with van der Waals surface area (Å²) in [6, 6.07) is 8.03. The molecule has 1 amide bonds. The van der Waals surface area contributed by atoms with Gasteiger partial charge in [0, 0.05) is 38.4 Å². The van der Waals surface area contributed by atoms with Crippen LogP contribution in [-0.4, -0.2) is 54.2 Å². The van der Waals surface area contributed by atoms with Crippen LogP contribution in [0.5, 0.6) is 0 Å². The van der Waals surface area contributed by atoms with Crippen molar-refractivity contribution in [1.82, 2.24) is 9.80 Å². The second-order valence-electron chi connectivity index (χ2n) is 6.80. The Morgan fingerprint density at radius 2 is 1.91 bits per heavy atom. The van der Waals surface area contributed by atoms with Crippen LogP contribution >= 0.6 is 0 Å². The number of ether oxygens (including phenoxy) is 1. The molecule has 0 unspecified atom stereocenters. The normalized spacial score (nSPS) is 16.6. The Labute approximate surface area is 133 Å². The number of rotatable bonds is 3. The first-order chi connectivity index (χ1) is 10.3. The van der Waals surface area contributed by atoms with Crippen molar-refractivity contribution in [2.75, 3.05) is 38.5 Å². The van der Waals surface area contributed by atoms with Gasteiger partial charge < -0.3 is 15.4 Å². The van der Waals surface area contributed by atoms with Gasteiger partial charge in [0.05, 0.1) is 0 Å². The van der Waals surface area contributed by atoms with Gasteiger partial charge in [0.15, 0.2) is 0 Å². The lowest BCUT2D eigenvalue weighted by Gasteiger charge is -2.35. The summed E-state index contributed by atoms with van der Waals surface area (Å²) in [6.45, 7) is 9.92. The third-order valence-electron chi connectivity index (χ3n) is 3.69. The maximum absolute atomic E-state index is 12.0. The Hall–Kier alpha value is -1.75. The molecule has 1 aromatic carbocycles. The summed E-state index contributed by atoms with van der Waals surface area (Å²) in [7, 11) is 0. The van der Waals surface area contributed by atoms with Gasteiger partial charge >= 0.3 is 6.09 Å². The maximum Gasteiger partial charge on any atom is 0.410 e. The third-order valence-corrected chi connectivity index (χ3v) is 3.69. The Kier molecular flexibility index (Phi) is 5.29. The van der Waals surface area contributed by atoms with Gasteiger partial charge in [-0.25, -0.2) is 4.79 Å². The number of carbonyl (C=O) groups excluding carboxylic acids is 1. The summed E-state index contributed by atoms with van der Waals surface area (Å²) in [4.78, 5) is 16.2. The van der Waals surface area contributed by atoms with Gasteiger partial charge in [-0.15, -0.1) is 0 Å². The maximum atomic E-state index is 12.0. The molecule has 0 spiro atoms. The molecule has 5 heteroatoms. The molecule has 1 aliphatic rings. The van der Waals surface area contributed by atoms with E-state index < -0.39 is 5.60 Å². The Bertz CT molecular complexity index is 503. The second-order valence-corrected chi connectivity index (χ2v) is 6.80. The highest BCUT2D eigenvalue weighted by atomic mass is 16.6. The third kappa shape index (κ3) is 5.22.